The molecule has 0 amide bonds. The molecule has 1 fully saturated rings. The maximum Gasteiger partial charge on any atom is 0.242 e. The molecule has 0 unspecified atom stereocenters. The normalized spacial score (nSPS) is 19.1. The zero-order chi connectivity index (χ0) is 12.5. The van der Waals surface area contributed by atoms with E-state index >= 15 is 0 Å². The third-order valence-corrected chi connectivity index (χ3v) is 3.44. The lowest BCUT2D eigenvalue weighted by molar-refractivity contribution is 0.279. The molecule has 1 aliphatic heterocycles. The fourth-order valence-corrected chi connectivity index (χ4v) is 2.11. The van der Waals surface area contributed by atoms with Gasteiger partial charge in [-0.05, 0) is 18.3 Å². The van der Waals surface area contributed by atoms with Crippen LogP contribution in [0.3, 0.4) is 0 Å². The summed E-state index contributed by atoms with van der Waals surface area (Å²) in [6, 6.07) is 0. The van der Waals surface area contributed by atoms with Crippen LogP contribution >= 0.6 is 0 Å². The fraction of sp³-hybridized carbons (Fsp3) is 0.667. The second-order valence-corrected chi connectivity index (χ2v) is 5.27. The van der Waals surface area contributed by atoms with Crippen molar-refractivity contribution in [2.24, 2.45) is 5.41 Å². The van der Waals surface area contributed by atoms with E-state index < -0.39 is 0 Å². The summed E-state index contributed by atoms with van der Waals surface area (Å²) in [4.78, 5) is 10.5. The maximum absolute atomic E-state index is 6.00. The minimum atomic E-state index is 0.419. The average Bonchev–Trinajstić information content (AvgIpc) is 2.30. The van der Waals surface area contributed by atoms with E-state index in [9.17, 15) is 0 Å². The summed E-state index contributed by atoms with van der Waals surface area (Å²) in [5.41, 5.74) is 6.96. The Labute approximate surface area is 102 Å². The van der Waals surface area contributed by atoms with Crippen molar-refractivity contribution >= 4 is 11.5 Å². The Morgan fingerprint density at radius 2 is 1.94 bits per heavy atom. The van der Waals surface area contributed by atoms with Gasteiger partial charge < -0.3 is 15.4 Å². The Bertz CT molecular complexity index is 395. The summed E-state index contributed by atoms with van der Waals surface area (Å²) < 4.78 is 5.11. The van der Waals surface area contributed by atoms with Crippen molar-refractivity contribution in [1.82, 2.24) is 9.97 Å². The van der Waals surface area contributed by atoms with E-state index in [1.165, 1.54) is 6.33 Å². The largest absolute Gasteiger partial charge is 0.479 e. The molecule has 0 bridgehead atoms. The third-order valence-electron chi connectivity index (χ3n) is 3.44. The van der Waals surface area contributed by atoms with E-state index in [1.54, 1.807) is 7.11 Å². The van der Waals surface area contributed by atoms with Gasteiger partial charge in [0.25, 0.3) is 0 Å². The first-order valence-electron chi connectivity index (χ1n) is 5.93. The summed E-state index contributed by atoms with van der Waals surface area (Å²) in [5.74, 6) is 1.26. The first-order chi connectivity index (χ1) is 8.03. The summed E-state index contributed by atoms with van der Waals surface area (Å²) in [5, 5.41) is 0. The van der Waals surface area contributed by atoms with Crippen molar-refractivity contribution in [3.05, 3.63) is 6.33 Å². The van der Waals surface area contributed by atoms with Crippen LogP contribution in [0.5, 0.6) is 5.88 Å². The lowest BCUT2D eigenvalue weighted by atomic mass is 9.83. The molecule has 2 N–H and O–H groups in total. The van der Waals surface area contributed by atoms with Crippen molar-refractivity contribution in [1.29, 1.82) is 0 Å². The van der Waals surface area contributed by atoms with Crippen LogP contribution in [0.2, 0.25) is 0 Å². The van der Waals surface area contributed by atoms with E-state index in [0.29, 0.717) is 17.0 Å². The Morgan fingerprint density at radius 1 is 1.29 bits per heavy atom. The number of nitrogen functional groups attached to an aromatic ring is 1. The molecule has 5 heteroatoms. The van der Waals surface area contributed by atoms with Crippen molar-refractivity contribution in [2.45, 2.75) is 26.7 Å². The second kappa shape index (κ2) is 4.39. The lowest BCUT2D eigenvalue weighted by Gasteiger charge is -2.37. The Hall–Kier alpha value is -1.52. The highest BCUT2D eigenvalue weighted by molar-refractivity contribution is 5.67. The lowest BCUT2D eigenvalue weighted by Crippen LogP contribution is -2.38. The molecule has 0 saturated carbocycles. The van der Waals surface area contributed by atoms with Crippen LogP contribution in [0.25, 0.3) is 0 Å². The first kappa shape index (κ1) is 12.0. The minimum absolute atomic E-state index is 0.419. The number of nitrogens with zero attached hydrogens (tertiary/aromatic N) is 3. The maximum atomic E-state index is 6.00. The van der Waals surface area contributed by atoms with Gasteiger partial charge in [-0.1, -0.05) is 13.8 Å². The molecule has 2 heterocycles. The topological polar surface area (TPSA) is 64.3 Å². The highest BCUT2D eigenvalue weighted by Gasteiger charge is 2.27. The molecule has 0 spiro atoms. The number of nitrogens with two attached hydrogens (primary N) is 1. The van der Waals surface area contributed by atoms with Crippen LogP contribution in [0.4, 0.5) is 11.5 Å². The third kappa shape index (κ3) is 2.43. The van der Waals surface area contributed by atoms with Gasteiger partial charge in [-0.25, -0.2) is 4.98 Å². The first-order valence-corrected chi connectivity index (χ1v) is 5.93. The molecular formula is C12H20N4O. The van der Waals surface area contributed by atoms with E-state index in [2.05, 4.69) is 28.7 Å². The average molecular weight is 236 g/mol. The molecule has 5 nitrogen and oxygen atoms in total. The number of aromatic nitrogens is 2. The van der Waals surface area contributed by atoms with Gasteiger partial charge in [0.1, 0.15) is 12.0 Å². The molecule has 0 atom stereocenters. The van der Waals surface area contributed by atoms with Crippen molar-refractivity contribution in [2.75, 3.05) is 30.8 Å². The predicted molar refractivity (Wildman–Crippen MR) is 68.2 cm³/mol. The number of piperidine rings is 1. The van der Waals surface area contributed by atoms with E-state index in [-0.39, 0.29) is 0 Å². The van der Waals surface area contributed by atoms with Gasteiger partial charge in [0, 0.05) is 13.1 Å². The van der Waals surface area contributed by atoms with E-state index in [0.717, 1.165) is 31.7 Å². The number of hydrogen-bond acceptors (Lipinski definition) is 5. The van der Waals surface area contributed by atoms with Gasteiger partial charge in [-0.15, -0.1) is 0 Å². The fourth-order valence-electron chi connectivity index (χ4n) is 2.11. The predicted octanol–water partition coefficient (Wildman–Crippen LogP) is 1.69. The van der Waals surface area contributed by atoms with Crippen molar-refractivity contribution in [3.63, 3.8) is 0 Å². The summed E-state index contributed by atoms with van der Waals surface area (Å²) in [6.45, 7) is 6.57. The quantitative estimate of drug-likeness (QED) is 0.846. The molecule has 17 heavy (non-hydrogen) atoms. The highest BCUT2D eigenvalue weighted by Crippen LogP contribution is 2.34. The Balaban J connectivity index is 2.19. The number of rotatable bonds is 2. The van der Waals surface area contributed by atoms with Gasteiger partial charge in [-0.3, -0.25) is 0 Å². The molecule has 94 valence electrons. The minimum Gasteiger partial charge on any atom is -0.479 e. The van der Waals surface area contributed by atoms with Gasteiger partial charge in [0.15, 0.2) is 5.82 Å². The summed E-state index contributed by atoms with van der Waals surface area (Å²) in [7, 11) is 1.57. The molecule has 2 rings (SSSR count). The summed E-state index contributed by atoms with van der Waals surface area (Å²) in [6.07, 6.45) is 3.81. The molecule has 1 saturated heterocycles. The number of anilines is 2. The van der Waals surface area contributed by atoms with Crippen LogP contribution < -0.4 is 15.4 Å². The van der Waals surface area contributed by atoms with Crippen molar-refractivity contribution < 1.29 is 4.74 Å². The molecule has 1 aromatic heterocycles. The Kier molecular flexibility index (Phi) is 3.09. The van der Waals surface area contributed by atoms with E-state index in [4.69, 9.17) is 10.5 Å². The molecule has 0 radical (unpaired) electrons. The van der Waals surface area contributed by atoms with Crippen LogP contribution in [0.15, 0.2) is 6.33 Å². The second-order valence-electron chi connectivity index (χ2n) is 5.27. The van der Waals surface area contributed by atoms with Crippen LogP contribution in [-0.4, -0.2) is 30.2 Å². The van der Waals surface area contributed by atoms with Gasteiger partial charge >= 0.3 is 0 Å². The van der Waals surface area contributed by atoms with Crippen LogP contribution in [0, 0.1) is 5.41 Å². The number of methoxy groups -OCH3 is 1. The van der Waals surface area contributed by atoms with Crippen LogP contribution in [0.1, 0.15) is 26.7 Å². The highest BCUT2D eigenvalue weighted by atomic mass is 16.5. The van der Waals surface area contributed by atoms with Crippen LogP contribution in [-0.2, 0) is 0 Å². The number of ether oxygens (including phenoxy) is 1. The van der Waals surface area contributed by atoms with Gasteiger partial charge in [0.05, 0.1) is 7.11 Å². The zero-order valence-electron chi connectivity index (χ0n) is 10.7. The van der Waals surface area contributed by atoms with Crippen molar-refractivity contribution in [3.8, 4) is 5.88 Å². The SMILES string of the molecule is COc1ncnc(N2CCC(C)(C)CC2)c1N. The Morgan fingerprint density at radius 3 is 2.53 bits per heavy atom. The molecule has 1 aromatic rings. The molecule has 0 aliphatic carbocycles. The molecule has 1 aliphatic rings. The molecular weight excluding hydrogens is 216 g/mol. The van der Waals surface area contributed by atoms with Gasteiger partial charge in [-0.2, -0.15) is 4.98 Å². The zero-order valence-corrected chi connectivity index (χ0v) is 10.7. The molecule has 0 aromatic carbocycles. The van der Waals surface area contributed by atoms with E-state index in [1.807, 2.05) is 0 Å². The smallest absolute Gasteiger partial charge is 0.242 e. The number of hydrogen-bond donors (Lipinski definition) is 1. The standard InChI is InChI=1S/C12H20N4O/c1-12(2)4-6-16(7-5-12)10-9(13)11(17-3)15-8-14-10/h8H,4-7,13H2,1-3H3. The van der Waals surface area contributed by atoms with Gasteiger partial charge in [0.2, 0.25) is 5.88 Å². The summed E-state index contributed by atoms with van der Waals surface area (Å²) >= 11 is 0. The monoisotopic (exact) mass is 236 g/mol.